The van der Waals surface area contributed by atoms with Crippen LogP contribution in [0.25, 0.3) is 0 Å². The van der Waals surface area contributed by atoms with Crippen molar-refractivity contribution in [1.82, 2.24) is 10.3 Å². The van der Waals surface area contributed by atoms with Crippen molar-refractivity contribution in [2.45, 2.75) is 37.6 Å². The van der Waals surface area contributed by atoms with Gasteiger partial charge < -0.3 is 10.1 Å². The normalized spacial score (nSPS) is 27.7. The SMILES string of the molecule is COc1ccc([C@H]2[C@@H]3CCCC[C@H]3[C@@H]2NC(=O)c2ccccn2)cc1. The Hall–Kier alpha value is -2.36. The van der Waals surface area contributed by atoms with Crippen molar-refractivity contribution in [3.8, 4) is 5.75 Å². The van der Waals surface area contributed by atoms with Crippen LogP contribution in [0, 0.1) is 11.8 Å². The summed E-state index contributed by atoms with van der Waals surface area (Å²) >= 11 is 0. The van der Waals surface area contributed by atoms with E-state index in [0.29, 0.717) is 23.4 Å². The molecule has 1 aromatic carbocycles. The van der Waals surface area contributed by atoms with E-state index in [2.05, 4.69) is 22.4 Å². The predicted octanol–water partition coefficient (Wildman–Crippen LogP) is 3.79. The van der Waals surface area contributed by atoms with Gasteiger partial charge in [0.2, 0.25) is 0 Å². The van der Waals surface area contributed by atoms with Gasteiger partial charge in [0.05, 0.1) is 7.11 Å². The Bertz CT molecular complexity index is 729. The lowest BCUT2D eigenvalue weighted by atomic mass is 9.53. The Morgan fingerprint density at radius 3 is 2.52 bits per heavy atom. The van der Waals surface area contributed by atoms with Crippen molar-refractivity contribution in [1.29, 1.82) is 0 Å². The second-order valence-corrected chi connectivity index (χ2v) is 7.13. The summed E-state index contributed by atoms with van der Waals surface area (Å²) < 4.78 is 5.28. The summed E-state index contributed by atoms with van der Waals surface area (Å²) in [7, 11) is 1.69. The molecule has 1 amide bonds. The fourth-order valence-corrected chi connectivity index (χ4v) is 4.67. The Kier molecular flexibility index (Phi) is 4.43. The molecule has 4 atom stereocenters. The number of rotatable bonds is 4. The number of benzene rings is 1. The molecule has 2 fully saturated rings. The van der Waals surface area contributed by atoms with Gasteiger partial charge >= 0.3 is 0 Å². The van der Waals surface area contributed by atoms with Gasteiger partial charge in [0, 0.05) is 18.2 Å². The maximum Gasteiger partial charge on any atom is 0.270 e. The first-order valence-electron chi connectivity index (χ1n) is 9.14. The number of nitrogens with one attached hydrogen (secondary N) is 1. The van der Waals surface area contributed by atoms with Gasteiger partial charge in [0.25, 0.3) is 5.91 Å². The Morgan fingerprint density at radius 2 is 1.84 bits per heavy atom. The van der Waals surface area contributed by atoms with Gasteiger partial charge in [-0.1, -0.05) is 31.0 Å². The highest BCUT2D eigenvalue weighted by Crippen LogP contribution is 2.54. The summed E-state index contributed by atoms with van der Waals surface area (Å²) in [6, 6.07) is 14.0. The third kappa shape index (κ3) is 3.01. The van der Waals surface area contributed by atoms with E-state index in [1.807, 2.05) is 24.3 Å². The number of aromatic nitrogens is 1. The molecule has 0 radical (unpaired) electrons. The average Bonchev–Trinajstić information content (AvgIpc) is 2.67. The van der Waals surface area contributed by atoms with Gasteiger partial charge in [-0.2, -0.15) is 0 Å². The molecular formula is C21H24N2O2. The van der Waals surface area contributed by atoms with Crippen LogP contribution in [0.1, 0.15) is 47.7 Å². The molecule has 2 aromatic rings. The molecule has 0 aliphatic heterocycles. The minimum Gasteiger partial charge on any atom is -0.497 e. The number of hydrogen-bond acceptors (Lipinski definition) is 3. The molecule has 0 saturated heterocycles. The number of fused-ring (bicyclic) bond motifs is 1. The molecule has 4 heteroatoms. The quantitative estimate of drug-likeness (QED) is 0.924. The largest absolute Gasteiger partial charge is 0.497 e. The van der Waals surface area contributed by atoms with E-state index in [0.717, 1.165) is 5.75 Å². The molecule has 1 heterocycles. The molecule has 25 heavy (non-hydrogen) atoms. The standard InChI is InChI=1S/C21H24N2O2/c1-25-15-11-9-14(10-12-15)19-16-6-2-3-7-17(16)20(19)23-21(24)18-8-4-5-13-22-18/h4-5,8-13,16-17,19-20H,2-3,6-7H2,1H3,(H,23,24)/t16-,17-,19+,20+/m1/s1. The van der Waals surface area contributed by atoms with Crippen LogP contribution in [0.3, 0.4) is 0 Å². The van der Waals surface area contributed by atoms with Crippen molar-refractivity contribution < 1.29 is 9.53 Å². The highest BCUT2D eigenvalue weighted by atomic mass is 16.5. The molecule has 2 aliphatic rings. The van der Waals surface area contributed by atoms with Crippen molar-refractivity contribution in [3.05, 3.63) is 59.9 Å². The highest BCUT2D eigenvalue weighted by Gasteiger charge is 2.51. The highest BCUT2D eigenvalue weighted by molar-refractivity contribution is 5.92. The molecule has 2 aliphatic carbocycles. The Balaban J connectivity index is 1.56. The molecule has 1 aromatic heterocycles. The molecular weight excluding hydrogens is 312 g/mol. The molecule has 0 bridgehead atoms. The monoisotopic (exact) mass is 336 g/mol. The zero-order chi connectivity index (χ0) is 17.2. The van der Waals surface area contributed by atoms with Crippen LogP contribution < -0.4 is 10.1 Å². The number of hydrogen-bond donors (Lipinski definition) is 1. The fraction of sp³-hybridized carbons (Fsp3) is 0.429. The maximum atomic E-state index is 12.6. The number of carbonyl (C=O) groups is 1. The predicted molar refractivity (Wildman–Crippen MR) is 96.7 cm³/mol. The van der Waals surface area contributed by atoms with Crippen LogP contribution in [0.4, 0.5) is 0 Å². The summed E-state index contributed by atoms with van der Waals surface area (Å²) in [4.78, 5) is 16.8. The number of methoxy groups -OCH3 is 1. The zero-order valence-corrected chi connectivity index (χ0v) is 14.5. The number of amides is 1. The lowest BCUT2D eigenvalue weighted by Gasteiger charge is -2.55. The van der Waals surface area contributed by atoms with Gasteiger partial charge in [0.15, 0.2) is 0 Å². The molecule has 1 N–H and O–H groups in total. The van der Waals surface area contributed by atoms with Gasteiger partial charge in [-0.3, -0.25) is 9.78 Å². The minimum atomic E-state index is -0.0619. The van der Waals surface area contributed by atoms with Crippen molar-refractivity contribution >= 4 is 5.91 Å². The number of pyridine rings is 1. The lowest BCUT2D eigenvalue weighted by molar-refractivity contribution is 0.0250. The molecule has 0 unspecified atom stereocenters. The second kappa shape index (κ2) is 6.87. The summed E-state index contributed by atoms with van der Waals surface area (Å²) in [6.45, 7) is 0. The minimum absolute atomic E-state index is 0.0619. The maximum absolute atomic E-state index is 12.6. The van der Waals surface area contributed by atoms with Crippen molar-refractivity contribution in [2.75, 3.05) is 7.11 Å². The Labute approximate surface area is 148 Å². The van der Waals surface area contributed by atoms with Gasteiger partial charge in [-0.15, -0.1) is 0 Å². The van der Waals surface area contributed by atoms with E-state index in [9.17, 15) is 4.79 Å². The number of ether oxygens (including phenoxy) is 1. The van der Waals surface area contributed by atoms with E-state index >= 15 is 0 Å². The van der Waals surface area contributed by atoms with Crippen LogP contribution in [0.15, 0.2) is 48.7 Å². The number of carbonyl (C=O) groups excluding carboxylic acids is 1. The lowest BCUT2D eigenvalue weighted by Crippen LogP contribution is -2.59. The Morgan fingerprint density at radius 1 is 1.08 bits per heavy atom. The third-order valence-corrected chi connectivity index (χ3v) is 5.88. The van der Waals surface area contributed by atoms with Gasteiger partial charge in [0.1, 0.15) is 11.4 Å². The molecule has 4 rings (SSSR count). The van der Waals surface area contributed by atoms with E-state index in [1.54, 1.807) is 19.4 Å². The van der Waals surface area contributed by atoms with Crippen molar-refractivity contribution in [3.63, 3.8) is 0 Å². The topological polar surface area (TPSA) is 51.2 Å². The molecule has 2 saturated carbocycles. The van der Waals surface area contributed by atoms with Crippen LogP contribution in [-0.2, 0) is 0 Å². The van der Waals surface area contributed by atoms with E-state index < -0.39 is 0 Å². The van der Waals surface area contributed by atoms with Crippen LogP contribution in [0.2, 0.25) is 0 Å². The summed E-state index contributed by atoms with van der Waals surface area (Å²) in [6.07, 6.45) is 6.71. The zero-order valence-electron chi connectivity index (χ0n) is 14.5. The van der Waals surface area contributed by atoms with Crippen LogP contribution >= 0.6 is 0 Å². The first-order chi connectivity index (χ1) is 12.3. The van der Waals surface area contributed by atoms with Crippen LogP contribution in [0.5, 0.6) is 5.75 Å². The first kappa shape index (κ1) is 16.1. The first-order valence-corrected chi connectivity index (χ1v) is 9.14. The third-order valence-electron chi connectivity index (χ3n) is 5.88. The number of nitrogens with zero attached hydrogens (tertiary/aromatic N) is 1. The van der Waals surface area contributed by atoms with E-state index in [-0.39, 0.29) is 11.9 Å². The molecule has 0 spiro atoms. The molecule has 130 valence electrons. The average molecular weight is 336 g/mol. The van der Waals surface area contributed by atoms with Crippen LogP contribution in [-0.4, -0.2) is 24.0 Å². The smallest absolute Gasteiger partial charge is 0.270 e. The summed E-state index contributed by atoms with van der Waals surface area (Å²) in [5.41, 5.74) is 1.80. The molecule has 4 nitrogen and oxygen atoms in total. The van der Waals surface area contributed by atoms with Gasteiger partial charge in [-0.25, -0.2) is 0 Å². The second-order valence-electron chi connectivity index (χ2n) is 7.13. The van der Waals surface area contributed by atoms with E-state index in [1.165, 1.54) is 31.2 Å². The summed E-state index contributed by atoms with van der Waals surface area (Å²) in [5, 5.41) is 3.28. The van der Waals surface area contributed by atoms with E-state index in [4.69, 9.17) is 4.74 Å². The van der Waals surface area contributed by atoms with Gasteiger partial charge in [-0.05, 0) is 54.5 Å². The fourth-order valence-electron chi connectivity index (χ4n) is 4.67. The van der Waals surface area contributed by atoms with Crippen molar-refractivity contribution in [2.24, 2.45) is 11.8 Å². The summed E-state index contributed by atoms with van der Waals surface area (Å²) in [5.74, 6) is 2.47.